The van der Waals surface area contributed by atoms with E-state index in [0.29, 0.717) is 0 Å². The molecule has 0 aliphatic heterocycles. The SMILES string of the molecule is CO[SiH2]CCCOCC(F)(F)C(F)(F)C(F)(F)C(F)(F)C(F)(F)C(F)(F)C(F)(F)F. The molecule has 0 amide bonds. The summed E-state index contributed by atoms with van der Waals surface area (Å²) in [7, 11) is 0.135. The molecule has 30 heavy (non-hydrogen) atoms. The van der Waals surface area contributed by atoms with Crippen LogP contribution in [0.1, 0.15) is 6.42 Å². The Labute approximate surface area is 160 Å². The van der Waals surface area contributed by atoms with Crippen molar-refractivity contribution in [1.29, 1.82) is 0 Å². The zero-order valence-electron chi connectivity index (χ0n) is 14.5. The number of hydrogen-bond donors (Lipinski definition) is 0. The van der Waals surface area contributed by atoms with E-state index in [4.69, 9.17) is 0 Å². The second kappa shape index (κ2) is 8.91. The van der Waals surface area contributed by atoms with E-state index in [1.54, 1.807) is 0 Å². The van der Waals surface area contributed by atoms with E-state index in [9.17, 15) is 65.9 Å². The predicted molar refractivity (Wildman–Crippen MR) is 71.5 cm³/mol. The minimum absolute atomic E-state index is 0.135. The third-order valence-electron chi connectivity index (χ3n) is 3.56. The molecular weight excluding hydrogens is 489 g/mol. The fourth-order valence-corrected chi connectivity index (χ4v) is 2.44. The van der Waals surface area contributed by atoms with Crippen molar-refractivity contribution in [3.05, 3.63) is 0 Å². The zero-order valence-corrected chi connectivity index (χ0v) is 15.9. The molecule has 0 aliphatic rings. The Morgan fingerprint density at radius 2 is 1.00 bits per heavy atom. The highest BCUT2D eigenvalue weighted by atomic mass is 28.2. The van der Waals surface area contributed by atoms with E-state index in [0.717, 1.165) is 0 Å². The minimum atomic E-state index is -8.27. The first-order valence-corrected chi connectivity index (χ1v) is 9.04. The molecule has 0 aromatic carbocycles. The van der Waals surface area contributed by atoms with Crippen molar-refractivity contribution in [2.75, 3.05) is 20.3 Å². The third kappa shape index (κ3) is 4.78. The van der Waals surface area contributed by atoms with Crippen LogP contribution in [0, 0.1) is 0 Å². The molecule has 0 saturated heterocycles. The number of hydrogen-bond acceptors (Lipinski definition) is 2. The van der Waals surface area contributed by atoms with Crippen molar-refractivity contribution >= 4 is 9.76 Å². The number of halogens is 15. The maximum Gasteiger partial charge on any atom is 0.460 e. The average molecular weight is 502 g/mol. The van der Waals surface area contributed by atoms with Gasteiger partial charge in [-0.05, 0) is 12.5 Å². The fraction of sp³-hybridized carbons (Fsp3) is 1.00. The van der Waals surface area contributed by atoms with Crippen LogP contribution in [0.5, 0.6) is 0 Å². The molecule has 182 valence electrons. The summed E-state index contributed by atoms with van der Waals surface area (Å²) < 4.78 is 202. The lowest BCUT2D eigenvalue weighted by molar-refractivity contribution is -0.453. The van der Waals surface area contributed by atoms with Crippen molar-refractivity contribution in [2.24, 2.45) is 0 Å². The topological polar surface area (TPSA) is 18.5 Å². The van der Waals surface area contributed by atoms with Gasteiger partial charge < -0.3 is 9.16 Å². The Balaban J connectivity index is 5.83. The summed E-state index contributed by atoms with van der Waals surface area (Å²) in [4.78, 5) is 0. The largest absolute Gasteiger partial charge is 0.460 e. The molecule has 0 spiro atoms. The van der Waals surface area contributed by atoms with E-state index in [1.807, 2.05) is 0 Å². The van der Waals surface area contributed by atoms with E-state index in [1.165, 1.54) is 7.11 Å². The van der Waals surface area contributed by atoms with Crippen molar-refractivity contribution in [1.82, 2.24) is 0 Å². The molecule has 0 heterocycles. The standard InChI is InChI=1S/C12H13F15O2Si/c1-28-30-4-2-3-29-5-6(13,14)7(15,16)8(17,18)9(19,20)10(21,22)11(23,24)12(25,26)27/h2-5,30H2,1H3. The monoisotopic (exact) mass is 502 g/mol. The molecule has 0 aliphatic carbocycles. The van der Waals surface area contributed by atoms with Gasteiger partial charge in [-0.3, -0.25) is 0 Å². The Morgan fingerprint density at radius 1 is 0.600 bits per heavy atom. The predicted octanol–water partition coefficient (Wildman–Crippen LogP) is 4.92. The van der Waals surface area contributed by atoms with E-state index >= 15 is 0 Å². The van der Waals surface area contributed by atoms with E-state index < -0.39 is 64.7 Å². The fourth-order valence-electron chi connectivity index (χ4n) is 1.74. The average Bonchev–Trinajstić information content (AvgIpc) is 2.56. The molecular formula is C12H13F15O2Si. The van der Waals surface area contributed by atoms with Crippen molar-refractivity contribution in [3.8, 4) is 0 Å². The lowest BCUT2D eigenvalue weighted by Crippen LogP contribution is -2.73. The van der Waals surface area contributed by atoms with Gasteiger partial charge in [-0.1, -0.05) is 0 Å². The van der Waals surface area contributed by atoms with Crippen LogP contribution in [0.4, 0.5) is 65.9 Å². The Kier molecular flexibility index (Phi) is 8.64. The Hall–Kier alpha value is -0.913. The van der Waals surface area contributed by atoms with Gasteiger partial charge in [-0.2, -0.15) is 65.9 Å². The van der Waals surface area contributed by atoms with Crippen LogP contribution in [-0.4, -0.2) is 71.8 Å². The van der Waals surface area contributed by atoms with Crippen LogP contribution < -0.4 is 0 Å². The summed E-state index contributed by atoms with van der Waals surface area (Å²) in [6, 6.07) is 0.214. The highest BCUT2D eigenvalue weighted by Gasteiger charge is 2.93. The maximum absolute atomic E-state index is 13.4. The maximum atomic E-state index is 13.4. The summed E-state index contributed by atoms with van der Waals surface area (Å²) in [5.74, 6) is -46.4. The molecule has 0 atom stereocenters. The number of rotatable bonds is 12. The zero-order chi connectivity index (χ0) is 24.4. The normalized spacial score (nSPS) is 16.0. The van der Waals surface area contributed by atoms with Gasteiger partial charge in [0.2, 0.25) is 0 Å². The molecule has 0 saturated carbocycles. The lowest BCUT2D eigenvalue weighted by atomic mass is 9.91. The van der Waals surface area contributed by atoms with Crippen molar-refractivity contribution in [3.63, 3.8) is 0 Å². The quantitative estimate of drug-likeness (QED) is 0.215. The van der Waals surface area contributed by atoms with E-state index in [-0.39, 0.29) is 12.5 Å². The summed E-state index contributed by atoms with van der Waals surface area (Å²) in [6.07, 6.45) is -7.74. The molecule has 2 nitrogen and oxygen atoms in total. The summed E-state index contributed by atoms with van der Waals surface area (Å²) in [6.45, 7) is -3.56. The smallest absolute Gasteiger partial charge is 0.427 e. The number of alkyl halides is 15. The first kappa shape index (κ1) is 29.1. The summed E-state index contributed by atoms with van der Waals surface area (Å²) in [5.41, 5.74) is 0. The molecule has 0 aromatic heterocycles. The van der Waals surface area contributed by atoms with Gasteiger partial charge in [-0.25, -0.2) is 0 Å². The molecule has 0 radical (unpaired) electrons. The van der Waals surface area contributed by atoms with Crippen LogP contribution in [0.3, 0.4) is 0 Å². The van der Waals surface area contributed by atoms with Gasteiger partial charge in [0.15, 0.2) is 9.76 Å². The van der Waals surface area contributed by atoms with Crippen LogP contribution in [0.15, 0.2) is 0 Å². The molecule has 0 unspecified atom stereocenters. The summed E-state index contributed by atoms with van der Waals surface area (Å²) in [5, 5.41) is 0. The van der Waals surface area contributed by atoms with Gasteiger partial charge >= 0.3 is 41.7 Å². The molecule has 0 fully saturated rings. The van der Waals surface area contributed by atoms with Gasteiger partial charge in [0, 0.05) is 13.7 Å². The van der Waals surface area contributed by atoms with Crippen LogP contribution >= 0.6 is 0 Å². The van der Waals surface area contributed by atoms with Gasteiger partial charge in [0.1, 0.15) is 6.61 Å². The molecule has 0 N–H and O–H groups in total. The molecule has 0 aromatic rings. The highest BCUT2D eigenvalue weighted by Crippen LogP contribution is 2.62. The van der Waals surface area contributed by atoms with Crippen LogP contribution in [-0.2, 0) is 9.16 Å². The van der Waals surface area contributed by atoms with Crippen molar-refractivity contribution in [2.45, 2.75) is 54.2 Å². The molecule has 18 heteroatoms. The first-order chi connectivity index (χ1) is 13.1. The van der Waals surface area contributed by atoms with E-state index in [2.05, 4.69) is 9.16 Å². The Bertz CT molecular complexity index is 560. The van der Waals surface area contributed by atoms with Crippen LogP contribution in [0.25, 0.3) is 0 Å². The van der Waals surface area contributed by atoms with Gasteiger partial charge in [0.25, 0.3) is 0 Å². The second-order valence-electron chi connectivity index (χ2n) is 5.83. The second-order valence-corrected chi connectivity index (χ2v) is 7.52. The first-order valence-electron chi connectivity index (χ1n) is 7.46. The lowest BCUT2D eigenvalue weighted by Gasteiger charge is -2.41. The Morgan fingerprint density at radius 3 is 1.40 bits per heavy atom. The molecule has 0 rings (SSSR count). The highest BCUT2D eigenvalue weighted by molar-refractivity contribution is 6.26. The molecule has 0 bridgehead atoms. The number of ether oxygens (including phenoxy) is 1. The third-order valence-corrected chi connectivity index (χ3v) is 4.76. The summed E-state index contributed by atoms with van der Waals surface area (Å²) >= 11 is 0. The minimum Gasteiger partial charge on any atom is -0.427 e. The van der Waals surface area contributed by atoms with Gasteiger partial charge in [0.05, 0.1) is 0 Å². The van der Waals surface area contributed by atoms with Crippen molar-refractivity contribution < 1.29 is 75.0 Å². The van der Waals surface area contributed by atoms with Gasteiger partial charge in [-0.15, -0.1) is 0 Å². The van der Waals surface area contributed by atoms with Crippen LogP contribution in [0.2, 0.25) is 6.04 Å².